The number of halogens is 1. The van der Waals surface area contributed by atoms with Gasteiger partial charge in [-0.25, -0.2) is 4.79 Å². The summed E-state index contributed by atoms with van der Waals surface area (Å²) in [5, 5.41) is 3.83. The molecule has 2 atom stereocenters. The number of unbranched alkanes of at least 4 members (excludes halogenated alkanes) is 1. The summed E-state index contributed by atoms with van der Waals surface area (Å²) in [6, 6.07) is 45.8. The lowest BCUT2D eigenvalue weighted by Gasteiger charge is -2.47. The van der Waals surface area contributed by atoms with Crippen LogP contribution in [0.2, 0.25) is 5.02 Å². The summed E-state index contributed by atoms with van der Waals surface area (Å²) in [5.41, 5.74) is 5.98. The van der Waals surface area contributed by atoms with Crippen LogP contribution in [-0.4, -0.2) is 171 Å². The van der Waals surface area contributed by atoms with Crippen molar-refractivity contribution in [3.8, 4) is 5.75 Å². The molecule has 106 heavy (non-hydrogen) atoms. The molecule has 4 aromatic heterocycles. The summed E-state index contributed by atoms with van der Waals surface area (Å²) in [7, 11) is 1.34. The second kappa shape index (κ2) is 39.8. The molecule has 0 spiro atoms. The van der Waals surface area contributed by atoms with Gasteiger partial charge in [0.05, 0.1) is 61.7 Å². The molecule has 2 saturated carbocycles. The number of amides is 4. The van der Waals surface area contributed by atoms with Crippen LogP contribution in [0, 0.1) is 17.8 Å². The smallest absolute Gasteiger partial charge is 0.409 e. The Morgan fingerprint density at radius 1 is 0.594 bits per heavy atom. The van der Waals surface area contributed by atoms with E-state index in [0.29, 0.717) is 139 Å². The van der Waals surface area contributed by atoms with Crippen molar-refractivity contribution >= 4 is 41.4 Å². The molecule has 2 unspecified atom stereocenters. The third-order valence-electron chi connectivity index (χ3n) is 21.7. The highest BCUT2D eigenvalue weighted by Crippen LogP contribution is 2.52. The number of nitrogens with one attached hydrogen (secondary N) is 1. The minimum atomic E-state index is -1.37. The second-order valence-electron chi connectivity index (χ2n) is 29.2. The zero-order valence-corrected chi connectivity index (χ0v) is 63.1. The summed E-state index contributed by atoms with van der Waals surface area (Å²) in [6.45, 7) is 13.7. The average Bonchev–Trinajstić information content (AvgIpc) is 1.51. The summed E-state index contributed by atoms with van der Waals surface area (Å²) >= 11 is 6.53. The minimum Gasteiger partial charge on any atom is -0.494 e. The average molecular weight is 1460 g/mol. The number of methoxy groups -OCH3 is 1. The summed E-state index contributed by atoms with van der Waals surface area (Å²) in [5.74, 6) is 1.19. The van der Waals surface area contributed by atoms with Crippen LogP contribution in [-0.2, 0) is 79.8 Å². The summed E-state index contributed by atoms with van der Waals surface area (Å²) in [4.78, 5) is 104. The molecule has 11 rings (SSSR count). The number of carbonyl (C=O) groups excluding carboxylic acids is 5. The summed E-state index contributed by atoms with van der Waals surface area (Å²) in [6.07, 6.45) is 17.5. The number of hydrogen-bond acceptors (Lipinski definition) is 16. The number of hydrogen-bond donors (Lipinski definition) is 1. The first kappa shape index (κ1) is 78.4. The molecule has 6 heterocycles. The van der Waals surface area contributed by atoms with E-state index in [4.69, 9.17) is 50.5 Å². The topological polar surface area (TPSA) is 205 Å². The number of pyridine rings is 4. The maximum atomic E-state index is 15.9. The first-order chi connectivity index (χ1) is 51.8. The molecule has 4 aliphatic rings. The molecule has 4 amide bonds. The first-order valence-corrected chi connectivity index (χ1v) is 39.0. The number of benzene rings is 3. The molecule has 20 nitrogen and oxygen atoms in total. The van der Waals surface area contributed by atoms with Gasteiger partial charge in [-0.3, -0.25) is 53.8 Å². The standard InChI is InChI=1S/C85H108ClN11O9/c1-4-20-76-77(21-5-2)78(76)64-106-83(102)95-46-37-85(38-47-95,81(100)91-43-48-92-49-52-104-53-50-92)97(45-19-26-79(98)103-3)80(99)68-29-27-65(28-30-68)59-96(82(101)84(35-11-6-12-36-84)69-31-33-70(86)34-32-69)44-17-18-51-105-75-55-66(57-93(60-71-22-7-13-39-87-71)61-72-23-8-14-40-88-72)54-67(56-75)58-94(62-73-24-9-15-41-89-73)63-74-25-10-16-42-90-74/h7-10,13-16,22-25,27-34,39-42,54-56,76-78H,4-6,11-12,17-21,26,35-38,43-53,57-64H2,1-3H3,(H,91,100). The Morgan fingerprint density at radius 2 is 1.15 bits per heavy atom. The van der Waals surface area contributed by atoms with Crippen molar-refractivity contribution in [2.75, 3.05) is 85.9 Å². The molecule has 2 aliphatic heterocycles. The predicted octanol–water partition coefficient (Wildman–Crippen LogP) is 13.7. The van der Waals surface area contributed by atoms with E-state index in [2.05, 4.69) is 76.3 Å². The Labute approximate surface area is 631 Å². The van der Waals surface area contributed by atoms with E-state index in [1.165, 1.54) is 7.11 Å². The quantitative estimate of drug-likeness (QED) is 0.0282. The third-order valence-corrected chi connectivity index (χ3v) is 22.0. The second-order valence-corrected chi connectivity index (χ2v) is 29.6. The monoisotopic (exact) mass is 1460 g/mol. The van der Waals surface area contributed by atoms with Gasteiger partial charge < -0.3 is 39.0 Å². The van der Waals surface area contributed by atoms with E-state index < -0.39 is 23.0 Å². The van der Waals surface area contributed by atoms with Gasteiger partial charge in [0.15, 0.2) is 0 Å². The van der Waals surface area contributed by atoms with Crippen molar-refractivity contribution < 1.29 is 42.9 Å². The minimum absolute atomic E-state index is 0.0360. The lowest BCUT2D eigenvalue weighted by atomic mass is 9.68. The van der Waals surface area contributed by atoms with E-state index in [1.807, 2.05) is 115 Å². The number of carbonyl (C=O) groups is 5. The molecule has 564 valence electrons. The van der Waals surface area contributed by atoms with E-state index in [-0.39, 0.29) is 69.6 Å². The van der Waals surface area contributed by atoms with Crippen LogP contribution >= 0.6 is 11.6 Å². The van der Waals surface area contributed by atoms with E-state index in [9.17, 15) is 9.59 Å². The predicted molar refractivity (Wildman–Crippen MR) is 410 cm³/mol. The largest absolute Gasteiger partial charge is 0.494 e. The number of nitrogens with zero attached hydrogens (tertiary/aromatic N) is 10. The van der Waals surface area contributed by atoms with Crippen LogP contribution in [0.5, 0.6) is 5.75 Å². The van der Waals surface area contributed by atoms with Crippen molar-refractivity contribution in [2.45, 2.75) is 167 Å². The lowest BCUT2D eigenvalue weighted by Crippen LogP contribution is -2.65. The molecule has 1 N–H and O–H groups in total. The Hall–Kier alpha value is -8.66. The van der Waals surface area contributed by atoms with Gasteiger partial charge in [-0.15, -0.1) is 0 Å². The highest BCUT2D eigenvalue weighted by atomic mass is 35.5. The van der Waals surface area contributed by atoms with Gasteiger partial charge in [-0.1, -0.05) is 125 Å². The van der Waals surface area contributed by atoms with Crippen molar-refractivity contribution in [1.29, 1.82) is 0 Å². The highest BCUT2D eigenvalue weighted by molar-refractivity contribution is 6.30. The first-order valence-electron chi connectivity index (χ1n) is 38.6. The maximum Gasteiger partial charge on any atom is 0.409 e. The van der Waals surface area contributed by atoms with Gasteiger partial charge in [0, 0.05) is 140 Å². The molecule has 2 aliphatic carbocycles. The molecule has 0 radical (unpaired) electrons. The summed E-state index contributed by atoms with van der Waals surface area (Å²) < 4.78 is 23.6. The molecule has 4 fully saturated rings. The van der Waals surface area contributed by atoms with Gasteiger partial charge in [0.1, 0.15) is 11.3 Å². The molecular weight excluding hydrogens is 1350 g/mol. The van der Waals surface area contributed by atoms with Gasteiger partial charge in [-0.2, -0.15) is 0 Å². The van der Waals surface area contributed by atoms with Crippen LogP contribution < -0.4 is 10.1 Å². The molecular formula is C85H108ClN11O9. The Morgan fingerprint density at radius 3 is 1.67 bits per heavy atom. The highest BCUT2D eigenvalue weighted by Gasteiger charge is 2.51. The van der Waals surface area contributed by atoms with E-state index in [0.717, 1.165) is 109 Å². The van der Waals surface area contributed by atoms with Gasteiger partial charge in [0.2, 0.25) is 11.8 Å². The number of morpholine rings is 1. The number of aromatic nitrogens is 4. The number of likely N-dealkylation sites (tertiary alicyclic amines) is 1. The Kier molecular flexibility index (Phi) is 29.4. The van der Waals surface area contributed by atoms with Crippen molar-refractivity contribution in [1.82, 2.24) is 54.7 Å². The van der Waals surface area contributed by atoms with Crippen LogP contribution in [0.1, 0.15) is 166 Å². The zero-order chi connectivity index (χ0) is 73.9. The third kappa shape index (κ3) is 22.0. The van der Waals surface area contributed by atoms with E-state index in [1.54, 1.807) is 21.9 Å². The molecule has 2 saturated heterocycles. The Bertz CT molecular complexity index is 3660. The normalized spacial score (nSPS) is 17.7. The van der Waals surface area contributed by atoms with Crippen LogP contribution in [0.25, 0.3) is 0 Å². The number of piperidine rings is 1. The lowest BCUT2D eigenvalue weighted by molar-refractivity contribution is -0.141. The van der Waals surface area contributed by atoms with Crippen molar-refractivity contribution in [3.63, 3.8) is 0 Å². The van der Waals surface area contributed by atoms with Gasteiger partial charge in [0.25, 0.3) is 5.91 Å². The molecule has 21 heteroatoms. The molecule has 3 aromatic carbocycles. The SMILES string of the molecule is CCCC1C(CCC)C1COC(=O)N1CCC(C(=O)NCCN2CCOCC2)(N(CCCC(=O)OC)C(=O)c2ccc(CN(CCCCOc3cc(CN(Cc4ccccn4)Cc4ccccn4)cc(CN(Cc4ccccn4)Cc4ccccn4)c3)C(=O)C3(c4ccc(Cl)cc4)CCCCC3)cc2)CC1. The van der Waals surface area contributed by atoms with Crippen LogP contribution in [0.15, 0.2) is 164 Å². The van der Waals surface area contributed by atoms with Gasteiger partial charge >= 0.3 is 12.1 Å². The van der Waals surface area contributed by atoms with E-state index >= 15 is 14.4 Å². The molecule has 7 aromatic rings. The number of rotatable bonds is 38. The van der Waals surface area contributed by atoms with Gasteiger partial charge in [-0.05, 0) is 170 Å². The fraction of sp³-hybridized carbons (Fsp3) is 0.494. The van der Waals surface area contributed by atoms with Crippen LogP contribution in [0.4, 0.5) is 4.79 Å². The maximum absolute atomic E-state index is 15.9. The Balaban J connectivity index is 0.837. The zero-order valence-electron chi connectivity index (χ0n) is 62.4. The molecule has 0 bridgehead atoms. The van der Waals surface area contributed by atoms with Crippen molar-refractivity contribution in [2.24, 2.45) is 17.8 Å². The number of ether oxygens (including phenoxy) is 4. The van der Waals surface area contributed by atoms with Crippen LogP contribution in [0.3, 0.4) is 0 Å². The fourth-order valence-electron chi connectivity index (χ4n) is 16.1. The number of esters is 1. The van der Waals surface area contributed by atoms with Crippen molar-refractivity contribution in [3.05, 3.63) is 220 Å². The fourth-order valence-corrected chi connectivity index (χ4v) is 16.2.